The standard InChI is InChI=1S/C12H15N9/c1-8-9(7-16-20(8)2)6-14-11-17-10(13)18-12(19-11)21-5-3-4-15-21/h3-5,7H,6H2,1-2H3,(H3,13,14,17,18,19). The van der Waals surface area contributed by atoms with Crippen molar-refractivity contribution in [1.82, 2.24) is 34.5 Å². The average Bonchev–Trinajstić information content (AvgIpc) is 3.09. The number of nitrogen functional groups attached to an aromatic ring is 1. The second-order valence-corrected chi connectivity index (χ2v) is 4.50. The van der Waals surface area contributed by atoms with Gasteiger partial charge in [0.2, 0.25) is 11.9 Å². The molecule has 0 spiro atoms. The lowest BCUT2D eigenvalue weighted by molar-refractivity contribution is 0.738. The Morgan fingerprint density at radius 2 is 2.10 bits per heavy atom. The zero-order valence-corrected chi connectivity index (χ0v) is 11.7. The van der Waals surface area contributed by atoms with E-state index in [0.717, 1.165) is 11.3 Å². The van der Waals surface area contributed by atoms with Crippen LogP contribution in [0.2, 0.25) is 0 Å². The Hall–Kier alpha value is -2.97. The first-order valence-electron chi connectivity index (χ1n) is 6.36. The molecule has 0 amide bonds. The zero-order chi connectivity index (χ0) is 14.8. The van der Waals surface area contributed by atoms with Crippen LogP contribution in [0.15, 0.2) is 24.7 Å². The first kappa shape index (κ1) is 13.0. The van der Waals surface area contributed by atoms with Crippen LogP contribution in [0, 0.1) is 6.92 Å². The highest BCUT2D eigenvalue weighted by Gasteiger charge is 2.08. The summed E-state index contributed by atoms with van der Waals surface area (Å²) in [4.78, 5) is 12.4. The molecule has 21 heavy (non-hydrogen) atoms. The minimum Gasteiger partial charge on any atom is -0.368 e. The summed E-state index contributed by atoms with van der Waals surface area (Å²) < 4.78 is 3.34. The van der Waals surface area contributed by atoms with Gasteiger partial charge in [0.25, 0.3) is 5.95 Å². The number of nitrogens with one attached hydrogen (secondary N) is 1. The van der Waals surface area contributed by atoms with E-state index in [4.69, 9.17) is 5.73 Å². The molecule has 0 bridgehead atoms. The molecular weight excluding hydrogens is 270 g/mol. The van der Waals surface area contributed by atoms with Gasteiger partial charge < -0.3 is 11.1 Å². The number of nitrogens with two attached hydrogens (primary N) is 1. The minimum atomic E-state index is 0.140. The van der Waals surface area contributed by atoms with Crippen LogP contribution in [-0.4, -0.2) is 34.5 Å². The molecule has 0 fully saturated rings. The van der Waals surface area contributed by atoms with E-state index in [1.807, 2.05) is 18.7 Å². The van der Waals surface area contributed by atoms with Crippen molar-refractivity contribution in [3.05, 3.63) is 35.9 Å². The summed E-state index contributed by atoms with van der Waals surface area (Å²) in [5.41, 5.74) is 7.86. The van der Waals surface area contributed by atoms with Gasteiger partial charge in [0.15, 0.2) is 0 Å². The Labute approximate surface area is 120 Å². The topological polar surface area (TPSA) is 112 Å². The molecule has 0 aliphatic carbocycles. The van der Waals surface area contributed by atoms with E-state index in [2.05, 4.69) is 30.5 Å². The smallest absolute Gasteiger partial charge is 0.257 e. The first-order chi connectivity index (χ1) is 10.1. The van der Waals surface area contributed by atoms with E-state index >= 15 is 0 Å². The Balaban J connectivity index is 1.81. The summed E-state index contributed by atoms with van der Waals surface area (Å²) in [5.74, 6) is 0.912. The number of rotatable bonds is 4. The molecule has 3 N–H and O–H groups in total. The Morgan fingerprint density at radius 3 is 2.76 bits per heavy atom. The van der Waals surface area contributed by atoms with E-state index in [1.54, 1.807) is 24.7 Å². The van der Waals surface area contributed by atoms with Crippen LogP contribution in [0.4, 0.5) is 11.9 Å². The van der Waals surface area contributed by atoms with Crippen LogP contribution >= 0.6 is 0 Å². The van der Waals surface area contributed by atoms with Crippen molar-refractivity contribution in [2.45, 2.75) is 13.5 Å². The first-order valence-corrected chi connectivity index (χ1v) is 6.36. The van der Waals surface area contributed by atoms with E-state index in [0.29, 0.717) is 18.4 Å². The minimum absolute atomic E-state index is 0.140. The summed E-state index contributed by atoms with van der Waals surface area (Å²) in [7, 11) is 1.90. The monoisotopic (exact) mass is 285 g/mol. The van der Waals surface area contributed by atoms with Crippen molar-refractivity contribution in [3.63, 3.8) is 0 Å². The number of hydrogen-bond acceptors (Lipinski definition) is 7. The molecule has 0 saturated carbocycles. The normalized spacial score (nSPS) is 10.8. The third-order valence-electron chi connectivity index (χ3n) is 3.12. The lowest BCUT2D eigenvalue weighted by Crippen LogP contribution is -2.11. The van der Waals surface area contributed by atoms with Gasteiger partial charge in [0, 0.05) is 37.2 Å². The number of aromatic nitrogens is 7. The fraction of sp³-hybridized carbons (Fsp3) is 0.250. The van der Waals surface area contributed by atoms with Crippen molar-refractivity contribution >= 4 is 11.9 Å². The molecule has 3 rings (SSSR count). The van der Waals surface area contributed by atoms with Crippen molar-refractivity contribution in [1.29, 1.82) is 0 Å². The van der Waals surface area contributed by atoms with Crippen molar-refractivity contribution < 1.29 is 0 Å². The Morgan fingerprint density at radius 1 is 1.24 bits per heavy atom. The van der Waals surface area contributed by atoms with Gasteiger partial charge in [-0.05, 0) is 13.0 Å². The van der Waals surface area contributed by atoms with E-state index < -0.39 is 0 Å². The molecule has 3 heterocycles. The number of anilines is 2. The zero-order valence-electron chi connectivity index (χ0n) is 11.7. The number of nitrogens with zero attached hydrogens (tertiary/aromatic N) is 7. The molecule has 0 saturated heterocycles. The maximum absolute atomic E-state index is 5.71. The van der Waals surface area contributed by atoms with Crippen molar-refractivity contribution in [2.75, 3.05) is 11.1 Å². The average molecular weight is 285 g/mol. The van der Waals surface area contributed by atoms with Crippen LogP contribution in [0.5, 0.6) is 0 Å². The van der Waals surface area contributed by atoms with E-state index in [-0.39, 0.29) is 5.95 Å². The van der Waals surface area contributed by atoms with Gasteiger partial charge in [0.1, 0.15) is 0 Å². The third-order valence-corrected chi connectivity index (χ3v) is 3.12. The Bertz CT molecular complexity index is 744. The predicted octanol–water partition coefficient (Wildman–Crippen LogP) is 0.294. The summed E-state index contributed by atoms with van der Waals surface area (Å²) >= 11 is 0. The lowest BCUT2D eigenvalue weighted by Gasteiger charge is -2.07. The molecule has 0 unspecified atom stereocenters. The molecule has 3 aromatic heterocycles. The van der Waals surface area contributed by atoms with Crippen LogP contribution in [0.25, 0.3) is 5.95 Å². The maximum atomic E-state index is 5.71. The number of hydrogen-bond donors (Lipinski definition) is 2. The largest absolute Gasteiger partial charge is 0.368 e. The van der Waals surface area contributed by atoms with Crippen LogP contribution in [0.3, 0.4) is 0 Å². The fourth-order valence-corrected chi connectivity index (χ4v) is 1.84. The van der Waals surface area contributed by atoms with Gasteiger partial charge in [0.05, 0.1) is 6.20 Å². The van der Waals surface area contributed by atoms with Gasteiger partial charge in [-0.1, -0.05) is 0 Å². The quantitative estimate of drug-likeness (QED) is 0.708. The molecule has 3 aromatic rings. The van der Waals surface area contributed by atoms with Gasteiger partial charge >= 0.3 is 0 Å². The Kier molecular flexibility index (Phi) is 3.22. The molecule has 0 aromatic carbocycles. The summed E-state index contributed by atoms with van der Waals surface area (Å²) in [6.45, 7) is 2.56. The highest BCUT2D eigenvalue weighted by Crippen LogP contribution is 2.10. The SMILES string of the molecule is Cc1c(CNc2nc(N)nc(-n3cccn3)n2)cnn1C. The molecule has 0 atom stereocenters. The molecule has 0 aliphatic heterocycles. The summed E-state index contributed by atoms with van der Waals surface area (Å²) in [6.07, 6.45) is 5.19. The molecule has 0 radical (unpaired) electrons. The molecule has 0 aliphatic rings. The molecule has 108 valence electrons. The molecule has 9 heteroatoms. The second kappa shape index (κ2) is 5.19. The fourth-order valence-electron chi connectivity index (χ4n) is 1.84. The van der Waals surface area contributed by atoms with Crippen LogP contribution in [0.1, 0.15) is 11.3 Å². The lowest BCUT2D eigenvalue weighted by atomic mass is 10.2. The third kappa shape index (κ3) is 2.66. The maximum Gasteiger partial charge on any atom is 0.257 e. The van der Waals surface area contributed by atoms with Crippen molar-refractivity contribution in [3.8, 4) is 5.95 Å². The summed E-state index contributed by atoms with van der Waals surface area (Å²) in [5, 5.41) is 11.4. The van der Waals surface area contributed by atoms with E-state index in [9.17, 15) is 0 Å². The predicted molar refractivity (Wildman–Crippen MR) is 76.6 cm³/mol. The van der Waals surface area contributed by atoms with Gasteiger partial charge in [-0.15, -0.1) is 0 Å². The second-order valence-electron chi connectivity index (χ2n) is 4.50. The molecular formula is C12H15N9. The summed E-state index contributed by atoms with van der Waals surface area (Å²) in [6, 6.07) is 1.78. The van der Waals surface area contributed by atoms with Gasteiger partial charge in [-0.3, -0.25) is 4.68 Å². The number of aryl methyl sites for hydroxylation is 1. The molecule has 9 nitrogen and oxygen atoms in total. The van der Waals surface area contributed by atoms with Crippen LogP contribution in [-0.2, 0) is 13.6 Å². The van der Waals surface area contributed by atoms with Crippen molar-refractivity contribution in [2.24, 2.45) is 7.05 Å². The van der Waals surface area contributed by atoms with Crippen LogP contribution < -0.4 is 11.1 Å². The highest BCUT2D eigenvalue weighted by molar-refractivity contribution is 5.36. The van der Waals surface area contributed by atoms with E-state index in [1.165, 1.54) is 4.68 Å². The van der Waals surface area contributed by atoms with Gasteiger partial charge in [-0.25, -0.2) is 4.68 Å². The highest BCUT2D eigenvalue weighted by atomic mass is 15.4. The van der Waals surface area contributed by atoms with Gasteiger partial charge in [-0.2, -0.15) is 25.1 Å².